The molecule has 0 bridgehead atoms. The number of hydrogen-bond acceptors (Lipinski definition) is 5. The van der Waals surface area contributed by atoms with Crippen LogP contribution in [0.15, 0.2) is 0 Å². The van der Waals surface area contributed by atoms with Crippen molar-refractivity contribution in [1.82, 2.24) is 15.2 Å². The molecule has 0 spiro atoms. The van der Waals surface area contributed by atoms with Crippen LogP contribution in [-0.4, -0.2) is 49.1 Å². The van der Waals surface area contributed by atoms with Crippen LogP contribution in [0.2, 0.25) is 0 Å². The number of ether oxygens (including phenoxy) is 1. The van der Waals surface area contributed by atoms with Gasteiger partial charge in [-0.1, -0.05) is 0 Å². The first-order valence-electron chi connectivity index (χ1n) is 5.69. The van der Waals surface area contributed by atoms with Gasteiger partial charge >= 0.3 is 0 Å². The van der Waals surface area contributed by atoms with Crippen molar-refractivity contribution in [2.45, 2.75) is 13.5 Å². The third kappa shape index (κ3) is 3.02. The zero-order valence-corrected chi connectivity index (χ0v) is 11.0. The maximum atomic E-state index is 11.6. The molecule has 1 amide bonds. The average molecular weight is 255 g/mol. The zero-order chi connectivity index (χ0) is 12.3. The molecule has 1 aromatic rings. The number of carbonyl (C=O) groups is 1. The standard InChI is InChI=1S/C11H17N3O2S/c1-8-10(11(15)12-2)17-9(13-8)7-14-3-5-16-6-4-14/h3-7H2,1-2H3,(H,12,15). The molecule has 0 radical (unpaired) electrons. The van der Waals surface area contributed by atoms with Gasteiger partial charge in [0.1, 0.15) is 9.88 Å². The van der Waals surface area contributed by atoms with E-state index in [2.05, 4.69) is 15.2 Å². The molecule has 17 heavy (non-hydrogen) atoms. The van der Waals surface area contributed by atoms with Crippen molar-refractivity contribution >= 4 is 17.2 Å². The van der Waals surface area contributed by atoms with E-state index in [0.717, 1.165) is 48.4 Å². The Morgan fingerprint density at radius 1 is 1.53 bits per heavy atom. The van der Waals surface area contributed by atoms with Gasteiger partial charge in [-0.2, -0.15) is 0 Å². The predicted octanol–water partition coefficient (Wildman–Crippen LogP) is 0.643. The summed E-state index contributed by atoms with van der Waals surface area (Å²) in [5, 5.41) is 3.64. The Kier molecular flexibility index (Phi) is 4.09. The molecule has 1 aromatic heterocycles. The summed E-state index contributed by atoms with van der Waals surface area (Å²) in [5.74, 6) is -0.0479. The molecule has 0 unspecified atom stereocenters. The van der Waals surface area contributed by atoms with Gasteiger partial charge in [0.2, 0.25) is 0 Å². The number of morpholine rings is 1. The summed E-state index contributed by atoms with van der Waals surface area (Å²) in [5.41, 5.74) is 0.817. The molecule has 2 heterocycles. The number of rotatable bonds is 3. The van der Waals surface area contributed by atoms with Gasteiger partial charge < -0.3 is 10.1 Å². The smallest absolute Gasteiger partial charge is 0.263 e. The van der Waals surface area contributed by atoms with Gasteiger partial charge in [0.15, 0.2) is 0 Å². The number of nitrogens with zero attached hydrogens (tertiary/aromatic N) is 2. The highest BCUT2D eigenvalue weighted by molar-refractivity contribution is 7.13. The molecule has 1 aliphatic rings. The van der Waals surface area contributed by atoms with E-state index >= 15 is 0 Å². The van der Waals surface area contributed by atoms with Crippen LogP contribution in [0.25, 0.3) is 0 Å². The molecule has 1 aliphatic heterocycles. The first-order chi connectivity index (χ1) is 8.20. The summed E-state index contributed by atoms with van der Waals surface area (Å²) in [4.78, 5) is 19.0. The van der Waals surface area contributed by atoms with E-state index < -0.39 is 0 Å². The van der Waals surface area contributed by atoms with E-state index in [-0.39, 0.29) is 5.91 Å². The Hall–Kier alpha value is -0.980. The third-order valence-corrected chi connectivity index (χ3v) is 3.88. The lowest BCUT2D eigenvalue weighted by Gasteiger charge is -2.25. The highest BCUT2D eigenvalue weighted by atomic mass is 32.1. The minimum atomic E-state index is -0.0479. The van der Waals surface area contributed by atoms with Gasteiger partial charge in [-0.25, -0.2) is 4.98 Å². The topological polar surface area (TPSA) is 54.5 Å². The van der Waals surface area contributed by atoms with Gasteiger partial charge in [-0.3, -0.25) is 9.69 Å². The Morgan fingerprint density at radius 2 is 2.24 bits per heavy atom. The van der Waals surface area contributed by atoms with Crippen LogP contribution < -0.4 is 5.32 Å². The molecule has 1 fully saturated rings. The second-order valence-corrected chi connectivity index (χ2v) is 5.07. The fraction of sp³-hybridized carbons (Fsp3) is 0.636. The summed E-state index contributed by atoms with van der Waals surface area (Å²) in [7, 11) is 1.64. The average Bonchev–Trinajstić information content (AvgIpc) is 2.70. The molecular formula is C11H17N3O2S. The maximum absolute atomic E-state index is 11.6. The molecule has 0 aliphatic carbocycles. The normalized spacial score (nSPS) is 17.1. The van der Waals surface area contributed by atoms with Crippen LogP contribution in [0, 0.1) is 6.92 Å². The fourth-order valence-electron chi connectivity index (χ4n) is 1.79. The number of hydrogen-bond donors (Lipinski definition) is 1. The number of carbonyl (C=O) groups excluding carboxylic acids is 1. The molecule has 0 saturated carbocycles. The lowest BCUT2D eigenvalue weighted by Crippen LogP contribution is -2.35. The van der Waals surface area contributed by atoms with Crippen molar-refractivity contribution < 1.29 is 9.53 Å². The summed E-state index contributed by atoms with van der Waals surface area (Å²) >= 11 is 1.48. The van der Waals surface area contributed by atoms with Crippen LogP contribution >= 0.6 is 11.3 Å². The highest BCUT2D eigenvalue weighted by Crippen LogP contribution is 2.19. The van der Waals surface area contributed by atoms with Crippen LogP contribution in [0.5, 0.6) is 0 Å². The molecule has 94 valence electrons. The van der Waals surface area contributed by atoms with Crippen molar-refractivity contribution in [3.05, 3.63) is 15.6 Å². The van der Waals surface area contributed by atoms with E-state index in [9.17, 15) is 4.79 Å². The molecule has 2 rings (SSSR count). The monoisotopic (exact) mass is 255 g/mol. The summed E-state index contributed by atoms with van der Waals surface area (Å²) in [6, 6.07) is 0. The summed E-state index contributed by atoms with van der Waals surface area (Å²) in [6.45, 7) is 6.14. The Labute approximate surface area is 105 Å². The Balaban J connectivity index is 2.03. The molecule has 0 aromatic carbocycles. The van der Waals surface area contributed by atoms with Gasteiger partial charge in [-0.15, -0.1) is 11.3 Å². The first-order valence-corrected chi connectivity index (χ1v) is 6.51. The minimum Gasteiger partial charge on any atom is -0.379 e. The van der Waals surface area contributed by atoms with E-state index in [1.165, 1.54) is 11.3 Å². The summed E-state index contributed by atoms with van der Waals surface area (Å²) in [6.07, 6.45) is 0. The van der Waals surface area contributed by atoms with Crippen molar-refractivity contribution in [2.75, 3.05) is 33.4 Å². The van der Waals surface area contributed by atoms with Crippen molar-refractivity contribution in [2.24, 2.45) is 0 Å². The van der Waals surface area contributed by atoms with E-state index in [0.29, 0.717) is 0 Å². The minimum absolute atomic E-state index is 0.0479. The van der Waals surface area contributed by atoms with E-state index in [1.54, 1.807) is 7.05 Å². The highest BCUT2D eigenvalue weighted by Gasteiger charge is 2.17. The lowest BCUT2D eigenvalue weighted by atomic mass is 10.4. The fourth-order valence-corrected chi connectivity index (χ4v) is 2.85. The van der Waals surface area contributed by atoms with Crippen LogP contribution in [-0.2, 0) is 11.3 Å². The van der Waals surface area contributed by atoms with Crippen LogP contribution in [0.4, 0.5) is 0 Å². The van der Waals surface area contributed by atoms with Crippen molar-refractivity contribution in [3.63, 3.8) is 0 Å². The quantitative estimate of drug-likeness (QED) is 0.861. The number of amides is 1. The maximum Gasteiger partial charge on any atom is 0.263 e. The first kappa shape index (κ1) is 12.5. The molecule has 1 saturated heterocycles. The lowest BCUT2D eigenvalue weighted by molar-refractivity contribution is 0.0341. The molecule has 6 heteroatoms. The van der Waals surface area contributed by atoms with E-state index in [1.807, 2.05) is 6.92 Å². The molecule has 0 atom stereocenters. The van der Waals surface area contributed by atoms with Crippen LogP contribution in [0.3, 0.4) is 0 Å². The predicted molar refractivity (Wildman–Crippen MR) is 66.3 cm³/mol. The largest absolute Gasteiger partial charge is 0.379 e. The van der Waals surface area contributed by atoms with Gasteiger partial charge in [0, 0.05) is 20.1 Å². The second-order valence-electron chi connectivity index (χ2n) is 3.99. The number of thiazole rings is 1. The second kappa shape index (κ2) is 5.57. The number of nitrogens with one attached hydrogen (secondary N) is 1. The number of aryl methyl sites for hydroxylation is 1. The Morgan fingerprint density at radius 3 is 2.88 bits per heavy atom. The van der Waals surface area contributed by atoms with Gasteiger partial charge in [-0.05, 0) is 6.92 Å². The number of aromatic nitrogens is 1. The molecular weight excluding hydrogens is 238 g/mol. The Bertz CT molecular complexity index is 399. The molecule has 5 nitrogen and oxygen atoms in total. The van der Waals surface area contributed by atoms with Crippen LogP contribution in [0.1, 0.15) is 20.4 Å². The zero-order valence-electron chi connectivity index (χ0n) is 10.2. The van der Waals surface area contributed by atoms with Crippen molar-refractivity contribution in [3.8, 4) is 0 Å². The third-order valence-electron chi connectivity index (χ3n) is 2.74. The van der Waals surface area contributed by atoms with Gasteiger partial charge in [0.05, 0.1) is 25.5 Å². The summed E-state index contributed by atoms with van der Waals surface area (Å²) < 4.78 is 5.30. The van der Waals surface area contributed by atoms with E-state index in [4.69, 9.17) is 4.74 Å². The molecule has 1 N–H and O–H groups in total. The van der Waals surface area contributed by atoms with Crippen molar-refractivity contribution in [1.29, 1.82) is 0 Å². The SMILES string of the molecule is CNC(=O)c1sc(CN2CCOCC2)nc1C. The van der Waals surface area contributed by atoms with Gasteiger partial charge in [0.25, 0.3) is 5.91 Å².